The molecule has 1 atom stereocenters. The van der Waals surface area contributed by atoms with Gasteiger partial charge in [-0.1, -0.05) is 12.1 Å². The SMILES string of the molecule is CCOC(=O)C(N)CSCc1cccc(OC)c1F. The van der Waals surface area contributed by atoms with E-state index < -0.39 is 12.0 Å². The average molecular weight is 287 g/mol. The summed E-state index contributed by atoms with van der Waals surface area (Å²) in [4.78, 5) is 11.3. The molecular weight excluding hydrogens is 269 g/mol. The zero-order valence-electron chi connectivity index (χ0n) is 11.0. The normalized spacial score (nSPS) is 12.0. The molecule has 6 heteroatoms. The first kappa shape index (κ1) is 15.8. The van der Waals surface area contributed by atoms with Crippen LogP contribution in [0.5, 0.6) is 5.75 Å². The Morgan fingerprint density at radius 3 is 2.89 bits per heavy atom. The standard InChI is InChI=1S/C13H18FNO3S/c1-3-18-13(16)10(15)8-19-7-9-5-4-6-11(17-2)12(9)14/h4-6,10H,3,7-8,15H2,1-2H3. The van der Waals surface area contributed by atoms with Gasteiger partial charge in [0.25, 0.3) is 0 Å². The third kappa shape index (κ3) is 4.72. The van der Waals surface area contributed by atoms with Crippen molar-refractivity contribution in [2.24, 2.45) is 5.73 Å². The molecule has 0 aliphatic heterocycles. The summed E-state index contributed by atoms with van der Waals surface area (Å²) in [5, 5.41) is 0. The Bertz CT molecular complexity index is 428. The molecule has 0 aliphatic carbocycles. The quantitative estimate of drug-likeness (QED) is 0.777. The Kier molecular flexibility index (Phi) is 6.66. The molecule has 2 N–H and O–H groups in total. The lowest BCUT2D eigenvalue weighted by Gasteiger charge is -2.11. The molecule has 0 bridgehead atoms. The van der Waals surface area contributed by atoms with E-state index in [9.17, 15) is 9.18 Å². The first-order valence-electron chi connectivity index (χ1n) is 5.91. The number of hydrogen-bond acceptors (Lipinski definition) is 5. The van der Waals surface area contributed by atoms with Gasteiger partial charge in [-0.3, -0.25) is 4.79 Å². The molecule has 0 heterocycles. The van der Waals surface area contributed by atoms with Crippen LogP contribution in [-0.2, 0) is 15.3 Å². The first-order valence-corrected chi connectivity index (χ1v) is 7.07. The Morgan fingerprint density at radius 2 is 2.26 bits per heavy atom. The molecule has 1 rings (SSSR count). The third-order valence-electron chi connectivity index (χ3n) is 2.41. The minimum atomic E-state index is -0.682. The van der Waals surface area contributed by atoms with Gasteiger partial charge >= 0.3 is 5.97 Å². The van der Waals surface area contributed by atoms with E-state index in [1.807, 2.05) is 0 Å². The molecule has 1 aromatic carbocycles. The van der Waals surface area contributed by atoms with E-state index >= 15 is 0 Å². The predicted molar refractivity (Wildman–Crippen MR) is 73.7 cm³/mol. The second-order valence-electron chi connectivity index (χ2n) is 3.81. The van der Waals surface area contributed by atoms with Crippen LogP contribution in [0.4, 0.5) is 4.39 Å². The van der Waals surface area contributed by atoms with Crippen LogP contribution >= 0.6 is 11.8 Å². The van der Waals surface area contributed by atoms with Crippen molar-refractivity contribution in [3.8, 4) is 5.75 Å². The maximum absolute atomic E-state index is 13.8. The molecule has 0 saturated heterocycles. The summed E-state index contributed by atoms with van der Waals surface area (Å²) in [7, 11) is 1.42. The number of methoxy groups -OCH3 is 1. The van der Waals surface area contributed by atoms with E-state index in [0.29, 0.717) is 23.7 Å². The van der Waals surface area contributed by atoms with Crippen molar-refractivity contribution < 1.29 is 18.7 Å². The summed E-state index contributed by atoms with van der Waals surface area (Å²) < 4.78 is 23.5. The van der Waals surface area contributed by atoms with Gasteiger partial charge < -0.3 is 15.2 Å². The highest BCUT2D eigenvalue weighted by Crippen LogP contribution is 2.23. The number of ether oxygens (including phenoxy) is 2. The maximum atomic E-state index is 13.8. The minimum Gasteiger partial charge on any atom is -0.494 e. The molecule has 106 valence electrons. The molecule has 0 radical (unpaired) electrons. The lowest BCUT2D eigenvalue weighted by molar-refractivity contribution is -0.144. The lowest BCUT2D eigenvalue weighted by atomic mass is 10.2. The van der Waals surface area contributed by atoms with Crippen molar-refractivity contribution in [1.29, 1.82) is 0 Å². The van der Waals surface area contributed by atoms with Crippen LogP contribution < -0.4 is 10.5 Å². The van der Waals surface area contributed by atoms with Crippen molar-refractivity contribution in [1.82, 2.24) is 0 Å². The van der Waals surface area contributed by atoms with Crippen molar-refractivity contribution in [3.05, 3.63) is 29.6 Å². The van der Waals surface area contributed by atoms with E-state index in [-0.39, 0.29) is 11.6 Å². The number of carbonyl (C=O) groups excluding carboxylic acids is 1. The van der Waals surface area contributed by atoms with Gasteiger partial charge in [-0.15, -0.1) is 0 Å². The van der Waals surface area contributed by atoms with Crippen molar-refractivity contribution in [2.75, 3.05) is 19.5 Å². The summed E-state index contributed by atoms with van der Waals surface area (Å²) in [5.41, 5.74) is 6.18. The van der Waals surface area contributed by atoms with E-state index in [4.69, 9.17) is 15.2 Å². The van der Waals surface area contributed by atoms with Gasteiger partial charge in [-0.05, 0) is 13.0 Å². The van der Waals surface area contributed by atoms with Gasteiger partial charge in [0.05, 0.1) is 13.7 Å². The van der Waals surface area contributed by atoms with Crippen LogP contribution in [0.15, 0.2) is 18.2 Å². The van der Waals surface area contributed by atoms with E-state index in [0.717, 1.165) is 0 Å². The Labute approximate surface area is 116 Å². The molecule has 0 spiro atoms. The molecule has 0 aliphatic rings. The summed E-state index contributed by atoms with van der Waals surface area (Å²) in [5.74, 6) is 0.224. The second kappa shape index (κ2) is 8.01. The molecule has 1 unspecified atom stereocenters. The number of benzene rings is 1. The number of esters is 1. The van der Waals surface area contributed by atoms with Crippen LogP contribution in [0.3, 0.4) is 0 Å². The fourth-order valence-electron chi connectivity index (χ4n) is 1.44. The van der Waals surface area contributed by atoms with Crippen LogP contribution in [0.1, 0.15) is 12.5 Å². The largest absolute Gasteiger partial charge is 0.494 e. The maximum Gasteiger partial charge on any atom is 0.323 e. The van der Waals surface area contributed by atoms with E-state index in [2.05, 4.69) is 0 Å². The highest BCUT2D eigenvalue weighted by molar-refractivity contribution is 7.98. The van der Waals surface area contributed by atoms with Crippen LogP contribution in [0.25, 0.3) is 0 Å². The van der Waals surface area contributed by atoms with Crippen molar-refractivity contribution in [3.63, 3.8) is 0 Å². The minimum absolute atomic E-state index is 0.216. The van der Waals surface area contributed by atoms with Crippen molar-refractivity contribution in [2.45, 2.75) is 18.7 Å². The molecule has 4 nitrogen and oxygen atoms in total. The molecular formula is C13H18FNO3S. The molecule has 1 aromatic rings. The first-order chi connectivity index (χ1) is 9.10. The van der Waals surface area contributed by atoms with Gasteiger partial charge in [-0.25, -0.2) is 4.39 Å². The highest BCUT2D eigenvalue weighted by atomic mass is 32.2. The fraction of sp³-hybridized carbons (Fsp3) is 0.462. The number of carbonyl (C=O) groups is 1. The lowest BCUT2D eigenvalue weighted by Crippen LogP contribution is -2.34. The van der Waals surface area contributed by atoms with Crippen LogP contribution in [0.2, 0.25) is 0 Å². The van der Waals surface area contributed by atoms with E-state index in [1.165, 1.54) is 18.9 Å². The van der Waals surface area contributed by atoms with Crippen LogP contribution in [-0.4, -0.2) is 31.5 Å². The number of nitrogens with two attached hydrogens (primary N) is 1. The topological polar surface area (TPSA) is 61.5 Å². The van der Waals surface area contributed by atoms with Gasteiger partial charge in [0.2, 0.25) is 0 Å². The zero-order valence-corrected chi connectivity index (χ0v) is 11.8. The average Bonchev–Trinajstić information content (AvgIpc) is 2.40. The predicted octanol–water partition coefficient (Wildman–Crippen LogP) is 1.96. The highest BCUT2D eigenvalue weighted by Gasteiger charge is 2.15. The van der Waals surface area contributed by atoms with E-state index in [1.54, 1.807) is 25.1 Å². The number of rotatable bonds is 7. The van der Waals surface area contributed by atoms with Gasteiger partial charge in [-0.2, -0.15) is 11.8 Å². The number of halogens is 1. The smallest absolute Gasteiger partial charge is 0.323 e. The summed E-state index contributed by atoms with van der Waals surface area (Å²) >= 11 is 1.38. The number of hydrogen-bond donors (Lipinski definition) is 1. The second-order valence-corrected chi connectivity index (χ2v) is 4.84. The Morgan fingerprint density at radius 1 is 1.53 bits per heavy atom. The molecule has 0 fully saturated rings. The summed E-state index contributed by atoms with van der Waals surface area (Å²) in [6.07, 6.45) is 0. The van der Waals surface area contributed by atoms with Gasteiger partial charge in [0.1, 0.15) is 6.04 Å². The van der Waals surface area contributed by atoms with Gasteiger partial charge in [0, 0.05) is 17.1 Å². The Balaban J connectivity index is 2.47. The molecule has 0 amide bonds. The molecule has 19 heavy (non-hydrogen) atoms. The third-order valence-corrected chi connectivity index (χ3v) is 3.52. The zero-order chi connectivity index (χ0) is 14.3. The van der Waals surface area contributed by atoms with Crippen LogP contribution in [0, 0.1) is 5.82 Å². The van der Waals surface area contributed by atoms with Crippen molar-refractivity contribution >= 4 is 17.7 Å². The molecule has 0 saturated carbocycles. The van der Waals surface area contributed by atoms with Gasteiger partial charge in [0.15, 0.2) is 11.6 Å². The monoisotopic (exact) mass is 287 g/mol. The summed E-state index contributed by atoms with van der Waals surface area (Å²) in [6, 6.07) is 4.29. The number of thioether (sulfide) groups is 1. The Hall–Kier alpha value is -1.27. The fourth-order valence-corrected chi connectivity index (χ4v) is 2.39. The molecule has 0 aromatic heterocycles. The summed E-state index contributed by atoms with van der Waals surface area (Å²) in [6.45, 7) is 2.03.